The fourth-order valence-corrected chi connectivity index (χ4v) is 1.82. The molecule has 0 spiro atoms. The third kappa shape index (κ3) is 5.25. The topological polar surface area (TPSA) is 83.7 Å². The molecule has 0 unspecified atom stereocenters. The molecule has 6 heteroatoms. The van der Waals surface area contributed by atoms with Gasteiger partial charge in [0.2, 0.25) is 0 Å². The summed E-state index contributed by atoms with van der Waals surface area (Å²) in [5, 5.41) is 19.6. The van der Waals surface area contributed by atoms with Crippen LogP contribution in [-0.2, 0) is 4.79 Å². The van der Waals surface area contributed by atoms with Gasteiger partial charge in [-0.2, -0.15) is 0 Å². The molecule has 1 rings (SSSR count). The Morgan fingerprint density at radius 3 is 2.67 bits per heavy atom. The number of nitro benzene ring substituents is 1. The van der Waals surface area contributed by atoms with Gasteiger partial charge in [-0.1, -0.05) is 13.8 Å². The highest BCUT2D eigenvalue weighted by molar-refractivity contribution is 5.86. The van der Waals surface area contributed by atoms with Crippen LogP contribution >= 0.6 is 0 Å². The average molecular weight is 292 g/mol. The van der Waals surface area contributed by atoms with Gasteiger partial charge in [0.15, 0.2) is 0 Å². The van der Waals surface area contributed by atoms with Gasteiger partial charge in [-0.15, -0.1) is 0 Å². The molecular formula is C15H20N2O4. The van der Waals surface area contributed by atoms with E-state index in [1.807, 2.05) is 11.9 Å². The number of hydrogen-bond donors (Lipinski definition) is 1. The van der Waals surface area contributed by atoms with Crippen LogP contribution < -0.4 is 4.90 Å². The normalized spacial score (nSPS) is 11.0. The van der Waals surface area contributed by atoms with Crippen LogP contribution in [0.4, 0.5) is 11.4 Å². The number of carbonyl (C=O) groups is 1. The van der Waals surface area contributed by atoms with Gasteiger partial charge in [-0.25, -0.2) is 4.79 Å². The van der Waals surface area contributed by atoms with Crippen molar-refractivity contribution in [3.05, 3.63) is 40.0 Å². The molecule has 0 saturated heterocycles. The fraction of sp³-hybridized carbons (Fsp3) is 0.400. The largest absolute Gasteiger partial charge is 0.478 e. The van der Waals surface area contributed by atoms with Gasteiger partial charge in [-0.05, 0) is 30.5 Å². The van der Waals surface area contributed by atoms with Gasteiger partial charge in [0.05, 0.1) is 10.5 Å². The van der Waals surface area contributed by atoms with E-state index in [2.05, 4.69) is 13.8 Å². The molecule has 0 aliphatic rings. The molecule has 0 fully saturated rings. The summed E-state index contributed by atoms with van der Waals surface area (Å²) in [6.07, 6.45) is 3.16. The van der Waals surface area contributed by atoms with Crippen LogP contribution in [0.3, 0.4) is 0 Å². The lowest BCUT2D eigenvalue weighted by Gasteiger charge is -2.20. The Morgan fingerprint density at radius 2 is 2.14 bits per heavy atom. The quantitative estimate of drug-likeness (QED) is 0.474. The maximum atomic E-state index is 11.0. The molecule has 0 saturated carbocycles. The monoisotopic (exact) mass is 292 g/mol. The van der Waals surface area contributed by atoms with Crippen LogP contribution in [0.1, 0.15) is 25.8 Å². The minimum Gasteiger partial charge on any atom is -0.478 e. The fourth-order valence-electron chi connectivity index (χ4n) is 1.82. The maximum Gasteiger partial charge on any atom is 0.328 e. The Morgan fingerprint density at radius 1 is 1.48 bits per heavy atom. The second-order valence-corrected chi connectivity index (χ2v) is 5.28. The maximum absolute atomic E-state index is 11.0. The van der Waals surface area contributed by atoms with Crippen molar-refractivity contribution >= 4 is 23.4 Å². The highest BCUT2D eigenvalue weighted by Crippen LogP contribution is 2.26. The Balaban J connectivity index is 3.05. The molecule has 114 valence electrons. The van der Waals surface area contributed by atoms with E-state index in [1.54, 1.807) is 12.1 Å². The Labute approximate surface area is 123 Å². The van der Waals surface area contributed by atoms with Crippen LogP contribution in [0.5, 0.6) is 0 Å². The van der Waals surface area contributed by atoms with Crippen molar-refractivity contribution in [2.45, 2.75) is 20.3 Å². The summed E-state index contributed by atoms with van der Waals surface area (Å²) in [5.74, 6) is -0.570. The summed E-state index contributed by atoms with van der Waals surface area (Å²) < 4.78 is 0. The number of rotatable bonds is 7. The zero-order valence-corrected chi connectivity index (χ0v) is 12.4. The number of nitrogens with zero attached hydrogens (tertiary/aromatic N) is 2. The molecule has 0 aliphatic carbocycles. The summed E-state index contributed by atoms with van der Waals surface area (Å²) >= 11 is 0. The first-order chi connectivity index (χ1) is 9.81. The smallest absolute Gasteiger partial charge is 0.328 e. The summed E-state index contributed by atoms with van der Waals surface area (Å²) in [6, 6.07) is 4.72. The minimum absolute atomic E-state index is 0.103. The molecule has 1 N–H and O–H groups in total. The summed E-state index contributed by atoms with van der Waals surface area (Å²) in [5.41, 5.74) is 1.01. The van der Waals surface area contributed by atoms with E-state index >= 15 is 0 Å². The summed E-state index contributed by atoms with van der Waals surface area (Å²) in [7, 11) is 1.91. The van der Waals surface area contributed by atoms with E-state index in [-0.39, 0.29) is 11.3 Å². The predicted molar refractivity (Wildman–Crippen MR) is 82.5 cm³/mol. The lowest BCUT2D eigenvalue weighted by atomic mass is 10.1. The SMILES string of the molecule is CC(C)CCN(C)c1ccc([N+](=O)[O-])c(/C=C/C(=O)O)c1. The van der Waals surface area contributed by atoms with Gasteiger partial charge in [0.25, 0.3) is 5.69 Å². The van der Waals surface area contributed by atoms with E-state index in [4.69, 9.17) is 5.11 Å². The first-order valence-corrected chi connectivity index (χ1v) is 6.72. The van der Waals surface area contributed by atoms with Crippen molar-refractivity contribution < 1.29 is 14.8 Å². The Kier molecular flexibility index (Phi) is 5.90. The molecule has 0 amide bonds. The van der Waals surface area contributed by atoms with E-state index in [0.717, 1.165) is 24.7 Å². The van der Waals surface area contributed by atoms with Crippen LogP contribution in [0.2, 0.25) is 0 Å². The van der Waals surface area contributed by atoms with Crippen LogP contribution in [0, 0.1) is 16.0 Å². The lowest BCUT2D eigenvalue weighted by Crippen LogP contribution is -2.19. The molecule has 21 heavy (non-hydrogen) atoms. The highest BCUT2D eigenvalue weighted by Gasteiger charge is 2.14. The van der Waals surface area contributed by atoms with Crippen molar-refractivity contribution in [2.75, 3.05) is 18.5 Å². The third-order valence-electron chi connectivity index (χ3n) is 3.10. The van der Waals surface area contributed by atoms with Gasteiger partial charge in [-0.3, -0.25) is 10.1 Å². The molecule has 0 atom stereocenters. The van der Waals surface area contributed by atoms with Crippen LogP contribution in [-0.4, -0.2) is 29.6 Å². The van der Waals surface area contributed by atoms with Gasteiger partial charge < -0.3 is 10.0 Å². The molecule has 1 aromatic rings. The number of carboxylic acid groups (broad SMARTS) is 1. The van der Waals surface area contributed by atoms with E-state index in [9.17, 15) is 14.9 Å². The van der Waals surface area contributed by atoms with E-state index in [1.165, 1.54) is 12.1 Å². The van der Waals surface area contributed by atoms with E-state index in [0.29, 0.717) is 5.92 Å². The predicted octanol–water partition coefficient (Wildman–Crippen LogP) is 3.17. The number of hydrogen-bond acceptors (Lipinski definition) is 4. The first-order valence-electron chi connectivity index (χ1n) is 6.72. The van der Waals surface area contributed by atoms with Crippen LogP contribution in [0.15, 0.2) is 24.3 Å². The lowest BCUT2D eigenvalue weighted by molar-refractivity contribution is -0.385. The molecule has 0 radical (unpaired) electrons. The molecular weight excluding hydrogens is 272 g/mol. The molecule has 0 aliphatic heterocycles. The number of anilines is 1. The van der Waals surface area contributed by atoms with Crippen molar-refractivity contribution in [3.63, 3.8) is 0 Å². The standard InChI is InChI=1S/C15H20N2O4/c1-11(2)8-9-16(3)13-5-6-14(17(20)21)12(10-13)4-7-15(18)19/h4-7,10-11H,8-9H2,1-3H3,(H,18,19)/b7-4+. The average Bonchev–Trinajstić information content (AvgIpc) is 2.41. The molecule has 0 bridgehead atoms. The Bertz CT molecular complexity index is 553. The number of aliphatic carboxylic acids is 1. The van der Waals surface area contributed by atoms with Gasteiger partial charge in [0, 0.05) is 31.4 Å². The molecule has 1 aromatic carbocycles. The van der Waals surface area contributed by atoms with Crippen molar-refractivity contribution in [1.82, 2.24) is 0 Å². The number of carboxylic acids is 1. The van der Waals surface area contributed by atoms with Crippen molar-refractivity contribution in [2.24, 2.45) is 5.92 Å². The summed E-state index contributed by atoms with van der Waals surface area (Å²) in [4.78, 5) is 23.0. The van der Waals surface area contributed by atoms with Gasteiger partial charge in [0.1, 0.15) is 0 Å². The second-order valence-electron chi connectivity index (χ2n) is 5.28. The molecule has 0 aromatic heterocycles. The van der Waals surface area contributed by atoms with Crippen LogP contribution in [0.25, 0.3) is 6.08 Å². The highest BCUT2D eigenvalue weighted by atomic mass is 16.6. The Hall–Kier alpha value is -2.37. The zero-order chi connectivity index (χ0) is 16.0. The molecule has 6 nitrogen and oxygen atoms in total. The summed E-state index contributed by atoms with van der Waals surface area (Å²) in [6.45, 7) is 5.09. The minimum atomic E-state index is -1.14. The number of nitro groups is 1. The van der Waals surface area contributed by atoms with Crippen molar-refractivity contribution in [3.8, 4) is 0 Å². The third-order valence-corrected chi connectivity index (χ3v) is 3.10. The second kappa shape index (κ2) is 7.42. The van der Waals surface area contributed by atoms with E-state index < -0.39 is 10.9 Å². The number of benzene rings is 1. The zero-order valence-electron chi connectivity index (χ0n) is 12.4. The first kappa shape index (κ1) is 16.7. The molecule has 0 heterocycles. The van der Waals surface area contributed by atoms with Crippen molar-refractivity contribution in [1.29, 1.82) is 0 Å². The van der Waals surface area contributed by atoms with Gasteiger partial charge >= 0.3 is 5.97 Å².